The summed E-state index contributed by atoms with van der Waals surface area (Å²) >= 11 is 0. The molecule has 0 aliphatic heterocycles. The number of aryl methyl sites for hydroxylation is 1. The van der Waals surface area contributed by atoms with E-state index in [0.717, 1.165) is 18.4 Å². The van der Waals surface area contributed by atoms with Gasteiger partial charge >= 0.3 is 0 Å². The van der Waals surface area contributed by atoms with Crippen molar-refractivity contribution in [2.24, 2.45) is 0 Å². The molecule has 0 spiro atoms. The first-order chi connectivity index (χ1) is 13.0. The third-order valence-corrected chi connectivity index (χ3v) is 4.12. The minimum Gasteiger partial charge on any atom is -0.495 e. The second-order valence-corrected chi connectivity index (χ2v) is 6.38. The Morgan fingerprint density at radius 1 is 1.11 bits per heavy atom. The predicted molar refractivity (Wildman–Crippen MR) is 106 cm³/mol. The van der Waals surface area contributed by atoms with Crippen LogP contribution in [0.1, 0.15) is 53.1 Å². The van der Waals surface area contributed by atoms with E-state index in [9.17, 15) is 9.59 Å². The summed E-state index contributed by atoms with van der Waals surface area (Å²) in [6, 6.07) is 8.71. The van der Waals surface area contributed by atoms with Gasteiger partial charge in [0.25, 0.3) is 11.8 Å². The Hall–Kier alpha value is -2.89. The first kappa shape index (κ1) is 20.4. The summed E-state index contributed by atoms with van der Waals surface area (Å²) in [4.78, 5) is 31.3. The Bertz CT molecular complexity index is 799. The van der Waals surface area contributed by atoms with E-state index >= 15 is 0 Å². The van der Waals surface area contributed by atoms with Gasteiger partial charge in [-0.3, -0.25) is 14.6 Å². The molecule has 6 heteroatoms. The molecule has 0 aliphatic carbocycles. The summed E-state index contributed by atoms with van der Waals surface area (Å²) < 4.78 is 5.29. The minimum absolute atomic E-state index is 0.0803. The van der Waals surface area contributed by atoms with Crippen molar-refractivity contribution in [3.63, 3.8) is 0 Å². The van der Waals surface area contributed by atoms with Crippen LogP contribution in [-0.2, 0) is 0 Å². The highest BCUT2D eigenvalue weighted by Crippen LogP contribution is 2.25. The number of aromatic nitrogens is 1. The number of pyridine rings is 1. The predicted octanol–water partition coefficient (Wildman–Crippen LogP) is 3.91. The number of ether oxygens (including phenoxy) is 1. The molecule has 0 radical (unpaired) electrons. The van der Waals surface area contributed by atoms with Crippen LogP contribution in [0.25, 0.3) is 0 Å². The van der Waals surface area contributed by atoms with E-state index in [2.05, 4.69) is 10.3 Å². The molecule has 0 saturated carbocycles. The number of hydrogen-bond donors (Lipinski definition) is 1. The maximum absolute atomic E-state index is 12.7. The number of carbonyl (C=O) groups is 2. The fourth-order valence-corrected chi connectivity index (χ4v) is 2.83. The largest absolute Gasteiger partial charge is 0.495 e. The van der Waals surface area contributed by atoms with Crippen molar-refractivity contribution in [3.8, 4) is 5.75 Å². The van der Waals surface area contributed by atoms with E-state index in [0.29, 0.717) is 30.1 Å². The molecule has 1 heterocycles. The fourth-order valence-electron chi connectivity index (χ4n) is 2.83. The Morgan fingerprint density at radius 3 is 2.44 bits per heavy atom. The Morgan fingerprint density at radius 2 is 1.81 bits per heavy atom. The summed E-state index contributed by atoms with van der Waals surface area (Å²) in [6.07, 6.45) is 3.26. The van der Waals surface area contributed by atoms with E-state index < -0.39 is 0 Å². The number of rotatable bonds is 8. The average molecular weight is 369 g/mol. The molecule has 1 aromatic heterocycles. The zero-order valence-electron chi connectivity index (χ0n) is 16.4. The van der Waals surface area contributed by atoms with Crippen LogP contribution < -0.4 is 10.1 Å². The molecule has 144 valence electrons. The van der Waals surface area contributed by atoms with Crippen molar-refractivity contribution >= 4 is 17.5 Å². The third-order valence-electron chi connectivity index (χ3n) is 4.12. The zero-order valence-corrected chi connectivity index (χ0v) is 16.4. The number of carbonyl (C=O) groups excluding carboxylic acids is 2. The Labute approximate surface area is 160 Å². The number of benzene rings is 1. The van der Waals surface area contributed by atoms with Crippen molar-refractivity contribution in [2.75, 3.05) is 25.5 Å². The lowest BCUT2D eigenvalue weighted by molar-refractivity contribution is 0.0755. The van der Waals surface area contributed by atoms with Crippen molar-refractivity contribution in [1.29, 1.82) is 0 Å². The molecule has 0 saturated heterocycles. The molecule has 0 unspecified atom stereocenters. The van der Waals surface area contributed by atoms with Gasteiger partial charge in [-0.15, -0.1) is 0 Å². The monoisotopic (exact) mass is 369 g/mol. The van der Waals surface area contributed by atoms with Crippen LogP contribution in [0, 0.1) is 6.92 Å². The Balaban J connectivity index is 2.22. The third kappa shape index (κ3) is 5.29. The van der Waals surface area contributed by atoms with Crippen LogP contribution >= 0.6 is 0 Å². The number of amides is 2. The van der Waals surface area contributed by atoms with Gasteiger partial charge in [0.1, 0.15) is 11.4 Å². The summed E-state index contributed by atoms with van der Waals surface area (Å²) in [7, 11) is 1.55. The maximum atomic E-state index is 12.7. The average Bonchev–Trinajstić information content (AvgIpc) is 2.67. The van der Waals surface area contributed by atoms with Crippen molar-refractivity contribution in [3.05, 3.63) is 53.3 Å². The van der Waals surface area contributed by atoms with E-state index in [-0.39, 0.29) is 17.5 Å². The second kappa shape index (κ2) is 9.71. The second-order valence-electron chi connectivity index (χ2n) is 6.38. The van der Waals surface area contributed by atoms with Crippen LogP contribution in [0.15, 0.2) is 36.5 Å². The van der Waals surface area contributed by atoms with Crippen molar-refractivity contribution in [1.82, 2.24) is 9.88 Å². The number of anilines is 1. The van der Waals surface area contributed by atoms with Gasteiger partial charge in [0.2, 0.25) is 0 Å². The smallest absolute Gasteiger partial charge is 0.274 e. The van der Waals surface area contributed by atoms with E-state index in [4.69, 9.17) is 4.74 Å². The maximum Gasteiger partial charge on any atom is 0.274 e. The number of nitrogens with one attached hydrogen (secondary N) is 1. The number of nitrogens with zero attached hydrogens (tertiary/aromatic N) is 2. The molecule has 2 aromatic rings. The molecule has 6 nitrogen and oxygen atoms in total. The van der Waals surface area contributed by atoms with Gasteiger partial charge in [-0.1, -0.05) is 19.9 Å². The SMILES string of the molecule is CCCN(CCC)C(=O)c1ccnc(C(=O)Nc2cc(C)ccc2OC)c1. The van der Waals surface area contributed by atoms with E-state index in [1.807, 2.05) is 32.9 Å². The summed E-state index contributed by atoms with van der Waals surface area (Å²) in [5.74, 6) is 0.104. The highest BCUT2D eigenvalue weighted by Gasteiger charge is 2.17. The van der Waals surface area contributed by atoms with Crippen LogP contribution in [-0.4, -0.2) is 41.9 Å². The topological polar surface area (TPSA) is 71.5 Å². The van der Waals surface area contributed by atoms with Crippen LogP contribution in [0.2, 0.25) is 0 Å². The lowest BCUT2D eigenvalue weighted by Gasteiger charge is -2.21. The molecule has 1 aromatic carbocycles. The lowest BCUT2D eigenvalue weighted by atomic mass is 10.1. The highest BCUT2D eigenvalue weighted by atomic mass is 16.5. The number of methoxy groups -OCH3 is 1. The molecule has 2 rings (SSSR count). The minimum atomic E-state index is -0.383. The molecule has 2 amide bonds. The molecule has 0 atom stereocenters. The quantitative estimate of drug-likeness (QED) is 0.766. The van der Waals surface area contributed by atoms with Crippen LogP contribution in [0.4, 0.5) is 5.69 Å². The molecule has 1 N–H and O–H groups in total. The lowest BCUT2D eigenvalue weighted by Crippen LogP contribution is -2.32. The van der Waals surface area contributed by atoms with Crippen LogP contribution in [0.5, 0.6) is 5.75 Å². The van der Waals surface area contributed by atoms with Gasteiger partial charge < -0.3 is 15.0 Å². The summed E-state index contributed by atoms with van der Waals surface area (Å²) in [5, 5.41) is 2.81. The summed E-state index contributed by atoms with van der Waals surface area (Å²) in [5.41, 5.74) is 2.22. The van der Waals surface area contributed by atoms with Gasteiger partial charge in [0.15, 0.2) is 0 Å². The van der Waals surface area contributed by atoms with Gasteiger partial charge in [0, 0.05) is 24.8 Å². The van der Waals surface area contributed by atoms with Crippen LogP contribution in [0.3, 0.4) is 0 Å². The first-order valence-corrected chi connectivity index (χ1v) is 9.21. The van der Waals surface area contributed by atoms with Gasteiger partial charge in [-0.05, 0) is 49.6 Å². The van der Waals surface area contributed by atoms with Crippen molar-refractivity contribution in [2.45, 2.75) is 33.6 Å². The highest BCUT2D eigenvalue weighted by molar-refractivity contribution is 6.05. The molecule has 27 heavy (non-hydrogen) atoms. The Kier molecular flexibility index (Phi) is 7.34. The van der Waals surface area contributed by atoms with Gasteiger partial charge in [-0.25, -0.2) is 0 Å². The van der Waals surface area contributed by atoms with Crippen molar-refractivity contribution < 1.29 is 14.3 Å². The molecule has 0 fully saturated rings. The fraction of sp³-hybridized carbons (Fsp3) is 0.381. The van der Waals surface area contributed by atoms with Gasteiger partial charge in [0.05, 0.1) is 12.8 Å². The van der Waals surface area contributed by atoms with E-state index in [1.165, 1.54) is 12.3 Å². The molecule has 0 aliphatic rings. The van der Waals surface area contributed by atoms with Gasteiger partial charge in [-0.2, -0.15) is 0 Å². The molecular weight excluding hydrogens is 342 g/mol. The standard InChI is InChI=1S/C21H27N3O3/c1-5-11-24(12-6-2)21(26)16-9-10-22-18(14-16)20(25)23-17-13-15(3)7-8-19(17)27-4/h7-10,13-14H,5-6,11-12H2,1-4H3,(H,23,25). The first-order valence-electron chi connectivity index (χ1n) is 9.21. The zero-order chi connectivity index (χ0) is 19.8. The summed E-state index contributed by atoms with van der Waals surface area (Å²) in [6.45, 7) is 7.39. The molecule has 0 bridgehead atoms. The molecular formula is C21H27N3O3. The van der Waals surface area contributed by atoms with E-state index in [1.54, 1.807) is 24.1 Å². The normalized spacial score (nSPS) is 10.4. The number of hydrogen-bond acceptors (Lipinski definition) is 4.